The molecule has 0 aromatic rings. The highest BCUT2D eigenvalue weighted by Crippen LogP contribution is 2.23. The molecule has 0 amide bonds. The van der Waals surface area contributed by atoms with Crippen LogP contribution in [0.2, 0.25) is 0 Å². The third-order valence-electron chi connectivity index (χ3n) is 3.93. The van der Waals surface area contributed by atoms with Gasteiger partial charge in [-0.3, -0.25) is 8.42 Å². The van der Waals surface area contributed by atoms with Crippen molar-refractivity contribution < 1.29 is 12.6 Å². The van der Waals surface area contributed by atoms with Crippen LogP contribution in [0.25, 0.3) is 0 Å². The van der Waals surface area contributed by atoms with Gasteiger partial charge in [0.1, 0.15) is 0 Å². The minimum Gasteiger partial charge on any atom is -0.250 e. The van der Waals surface area contributed by atoms with Crippen LogP contribution in [0.3, 0.4) is 0 Å². The van der Waals surface area contributed by atoms with Crippen molar-refractivity contribution in [2.24, 2.45) is 13.1 Å². The molecule has 0 N–H and O–H groups in total. The Kier molecular flexibility index (Phi) is 7.74. The summed E-state index contributed by atoms with van der Waals surface area (Å²) in [5.74, 6) is 2.43. The Morgan fingerprint density at radius 3 is 1.17 bits per heavy atom. The quantitative estimate of drug-likeness (QED) is 0.627. The molecule has 0 bridgehead atoms. The number of nitrogens with zero attached hydrogens (tertiary/aromatic N) is 3. The van der Waals surface area contributed by atoms with E-state index < -0.39 is 29.2 Å². The van der Waals surface area contributed by atoms with Gasteiger partial charge in [-0.2, -0.15) is 0 Å². The molecule has 6 nitrogen and oxygen atoms in total. The van der Waals surface area contributed by atoms with Crippen LogP contribution >= 0.6 is 0 Å². The summed E-state index contributed by atoms with van der Waals surface area (Å²) in [5.41, 5.74) is 0. The SMILES string of the molecule is CC(C)(C)S1(=O)=NCCC1.C[S@@]1(=O)=NCCC1.C[S@]1(=O)=NCCC1. The Bertz CT molecular complexity index is 732. The van der Waals surface area contributed by atoms with Crippen molar-refractivity contribution >= 4 is 29.2 Å². The molecule has 0 spiro atoms. The standard InChI is InChI=1S/C7H15NOS.2C4H9NOS/c1-7(2,3)10(9)6-4-5-8-10;2*1-7(6)4-2-3-5-7/h4-6H2,1-3H3;2*2-4H2,1H3/t;2*7-/m.10/s1. The van der Waals surface area contributed by atoms with Crippen molar-refractivity contribution in [3.05, 3.63) is 0 Å². The first-order valence-corrected chi connectivity index (χ1v) is 14.3. The van der Waals surface area contributed by atoms with Crippen LogP contribution in [0.1, 0.15) is 40.0 Å². The van der Waals surface area contributed by atoms with Crippen LogP contribution in [-0.4, -0.2) is 66.8 Å². The van der Waals surface area contributed by atoms with Gasteiger partial charge in [0, 0.05) is 73.6 Å². The first-order valence-electron chi connectivity index (χ1n) is 8.38. The van der Waals surface area contributed by atoms with E-state index in [4.69, 9.17) is 0 Å². The van der Waals surface area contributed by atoms with Crippen molar-refractivity contribution in [1.82, 2.24) is 0 Å². The smallest absolute Gasteiger partial charge is 0.0518 e. The van der Waals surface area contributed by atoms with Crippen LogP contribution in [0.15, 0.2) is 13.1 Å². The molecule has 9 heteroatoms. The molecule has 0 aromatic heterocycles. The third-order valence-corrected chi connectivity index (χ3v) is 10.8. The van der Waals surface area contributed by atoms with Crippen LogP contribution in [0.5, 0.6) is 0 Å². The van der Waals surface area contributed by atoms with Gasteiger partial charge in [0.2, 0.25) is 0 Å². The first kappa shape index (κ1) is 21.9. The van der Waals surface area contributed by atoms with Crippen LogP contribution in [0.4, 0.5) is 0 Å². The van der Waals surface area contributed by atoms with Gasteiger partial charge in [-0.15, -0.1) is 0 Å². The highest BCUT2D eigenvalue weighted by Gasteiger charge is 2.28. The fourth-order valence-corrected chi connectivity index (χ4v) is 7.04. The van der Waals surface area contributed by atoms with Crippen molar-refractivity contribution in [3.8, 4) is 0 Å². The summed E-state index contributed by atoms with van der Waals surface area (Å²) in [6.45, 7) is 8.44. The first-order chi connectivity index (χ1) is 10.9. The van der Waals surface area contributed by atoms with Crippen LogP contribution in [-0.2, 0) is 29.2 Å². The molecule has 0 saturated heterocycles. The summed E-state index contributed by atoms with van der Waals surface area (Å²) in [6.07, 6.45) is 6.50. The average molecular weight is 400 g/mol. The van der Waals surface area contributed by atoms with Crippen LogP contribution in [0, 0.1) is 0 Å². The van der Waals surface area contributed by atoms with Gasteiger partial charge < -0.3 is 0 Å². The molecule has 3 rings (SSSR count). The second kappa shape index (κ2) is 8.49. The van der Waals surface area contributed by atoms with Gasteiger partial charge in [0.05, 0.1) is 9.73 Å². The maximum atomic E-state index is 11.8. The molecule has 3 aliphatic rings. The van der Waals surface area contributed by atoms with Crippen molar-refractivity contribution in [3.63, 3.8) is 0 Å². The largest absolute Gasteiger partial charge is 0.250 e. The maximum absolute atomic E-state index is 11.8. The molecular weight excluding hydrogens is 366 g/mol. The molecule has 0 saturated carbocycles. The van der Waals surface area contributed by atoms with E-state index in [-0.39, 0.29) is 4.75 Å². The Morgan fingerprint density at radius 1 is 0.667 bits per heavy atom. The zero-order chi connectivity index (χ0) is 18.5. The summed E-state index contributed by atoms with van der Waals surface area (Å²) in [6, 6.07) is 0. The molecular formula is C15H33N3O3S3. The normalized spacial score (nSPS) is 37.9. The Balaban J connectivity index is 0.000000185. The van der Waals surface area contributed by atoms with E-state index in [1.54, 1.807) is 12.5 Å². The number of hydrogen-bond donors (Lipinski definition) is 0. The minimum atomic E-state index is -1.84. The highest BCUT2D eigenvalue weighted by molar-refractivity contribution is 7.95. The summed E-state index contributed by atoms with van der Waals surface area (Å²) in [7, 11) is -5.19. The summed E-state index contributed by atoms with van der Waals surface area (Å²) < 4.78 is 45.3. The Morgan fingerprint density at radius 2 is 1.04 bits per heavy atom. The Labute approximate surface area is 149 Å². The Hall–Kier alpha value is -0.150. The van der Waals surface area contributed by atoms with Gasteiger partial charge in [-0.05, 0) is 40.0 Å². The third kappa shape index (κ3) is 7.39. The van der Waals surface area contributed by atoms with Crippen LogP contribution < -0.4 is 0 Å². The molecule has 144 valence electrons. The molecule has 24 heavy (non-hydrogen) atoms. The predicted molar refractivity (Wildman–Crippen MR) is 106 cm³/mol. The second-order valence-corrected chi connectivity index (χ2v) is 15.7. The van der Waals surface area contributed by atoms with Gasteiger partial charge in [0.25, 0.3) is 0 Å². The summed E-state index contributed by atoms with van der Waals surface area (Å²) in [4.78, 5) is 0. The van der Waals surface area contributed by atoms with Gasteiger partial charge in [-0.25, -0.2) is 17.3 Å². The van der Waals surface area contributed by atoms with E-state index >= 15 is 0 Å². The molecule has 0 fully saturated rings. The highest BCUT2D eigenvalue weighted by atomic mass is 32.2. The van der Waals surface area contributed by atoms with Crippen molar-refractivity contribution in [2.75, 3.05) is 49.4 Å². The predicted octanol–water partition coefficient (Wildman–Crippen LogP) is 2.63. The molecule has 0 radical (unpaired) electrons. The fourth-order valence-electron chi connectivity index (χ4n) is 2.35. The monoisotopic (exact) mass is 399 g/mol. The number of rotatable bonds is 0. The lowest BCUT2D eigenvalue weighted by Crippen LogP contribution is -2.27. The van der Waals surface area contributed by atoms with E-state index in [1.807, 2.05) is 20.8 Å². The van der Waals surface area contributed by atoms with E-state index in [1.165, 1.54) is 0 Å². The zero-order valence-electron chi connectivity index (χ0n) is 15.7. The van der Waals surface area contributed by atoms with E-state index in [0.717, 1.165) is 56.2 Å². The molecule has 3 atom stereocenters. The second-order valence-electron chi connectivity index (χ2n) is 7.40. The lowest BCUT2D eigenvalue weighted by atomic mass is 10.3. The lowest BCUT2D eigenvalue weighted by Gasteiger charge is -2.20. The molecule has 1 unspecified atom stereocenters. The van der Waals surface area contributed by atoms with Gasteiger partial charge >= 0.3 is 0 Å². The minimum absolute atomic E-state index is 0.122. The maximum Gasteiger partial charge on any atom is 0.0518 e. The topological polar surface area (TPSA) is 88.3 Å². The van der Waals surface area contributed by atoms with E-state index in [2.05, 4.69) is 13.1 Å². The molecule has 3 aliphatic heterocycles. The average Bonchev–Trinajstić information content (AvgIpc) is 3.13. The molecule has 0 aliphatic carbocycles. The molecule has 3 heterocycles. The number of hydrogen-bond acceptors (Lipinski definition) is 6. The van der Waals surface area contributed by atoms with E-state index in [9.17, 15) is 12.6 Å². The summed E-state index contributed by atoms with van der Waals surface area (Å²) in [5, 5.41) is 0. The lowest BCUT2D eigenvalue weighted by molar-refractivity contribution is 0.643. The van der Waals surface area contributed by atoms with Crippen molar-refractivity contribution in [2.45, 2.75) is 44.8 Å². The van der Waals surface area contributed by atoms with Crippen molar-refractivity contribution in [1.29, 1.82) is 0 Å². The van der Waals surface area contributed by atoms with Gasteiger partial charge in [0.15, 0.2) is 0 Å². The zero-order valence-corrected chi connectivity index (χ0v) is 18.1. The molecule has 0 aromatic carbocycles. The summed E-state index contributed by atoms with van der Waals surface area (Å²) >= 11 is 0. The fraction of sp³-hybridized carbons (Fsp3) is 1.00. The van der Waals surface area contributed by atoms with E-state index in [0.29, 0.717) is 0 Å². The van der Waals surface area contributed by atoms with Gasteiger partial charge in [-0.1, -0.05) is 0 Å².